The quantitative estimate of drug-likeness (QED) is 0.845. The SMILES string of the molecule is COc1ccc(C(C)NC(=O)Cc2ccc(NC(C)=O)cc2)cc1F. The van der Waals surface area contributed by atoms with Gasteiger partial charge in [0.2, 0.25) is 11.8 Å². The molecule has 0 spiro atoms. The van der Waals surface area contributed by atoms with Crippen LogP contribution < -0.4 is 15.4 Å². The van der Waals surface area contributed by atoms with Gasteiger partial charge in [-0.1, -0.05) is 18.2 Å². The Labute approximate surface area is 146 Å². The van der Waals surface area contributed by atoms with Crippen LogP contribution in [-0.4, -0.2) is 18.9 Å². The number of methoxy groups -OCH3 is 1. The second-order valence-electron chi connectivity index (χ2n) is 5.74. The summed E-state index contributed by atoms with van der Waals surface area (Å²) >= 11 is 0. The Hall–Kier alpha value is -2.89. The third-order valence-electron chi connectivity index (χ3n) is 3.69. The maximum absolute atomic E-state index is 13.8. The first-order valence-electron chi connectivity index (χ1n) is 7.88. The summed E-state index contributed by atoms with van der Waals surface area (Å²) in [5.41, 5.74) is 2.16. The van der Waals surface area contributed by atoms with Crippen LogP contribution in [-0.2, 0) is 16.0 Å². The van der Waals surface area contributed by atoms with Crippen molar-refractivity contribution in [2.24, 2.45) is 0 Å². The zero-order valence-corrected chi connectivity index (χ0v) is 14.4. The highest BCUT2D eigenvalue weighted by atomic mass is 19.1. The number of benzene rings is 2. The number of rotatable bonds is 6. The van der Waals surface area contributed by atoms with E-state index in [0.29, 0.717) is 11.3 Å². The summed E-state index contributed by atoms with van der Waals surface area (Å²) in [6.45, 7) is 3.23. The van der Waals surface area contributed by atoms with Crippen LogP contribution in [0.2, 0.25) is 0 Å². The van der Waals surface area contributed by atoms with Gasteiger partial charge in [0.15, 0.2) is 11.6 Å². The molecule has 132 valence electrons. The van der Waals surface area contributed by atoms with Crippen molar-refractivity contribution in [2.75, 3.05) is 12.4 Å². The third kappa shape index (κ3) is 5.31. The van der Waals surface area contributed by atoms with Gasteiger partial charge in [0, 0.05) is 12.6 Å². The normalized spacial score (nSPS) is 11.5. The molecule has 2 N–H and O–H groups in total. The van der Waals surface area contributed by atoms with Crippen molar-refractivity contribution in [1.82, 2.24) is 5.32 Å². The van der Waals surface area contributed by atoms with E-state index in [1.165, 1.54) is 26.2 Å². The Balaban J connectivity index is 1.95. The fraction of sp³-hybridized carbons (Fsp3) is 0.263. The second-order valence-corrected chi connectivity index (χ2v) is 5.74. The van der Waals surface area contributed by atoms with E-state index in [9.17, 15) is 14.0 Å². The molecule has 2 rings (SSSR count). The van der Waals surface area contributed by atoms with Crippen molar-refractivity contribution >= 4 is 17.5 Å². The molecule has 0 aliphatic heterocycles. The van der Waals surface area contributed by atoms with Crippen molar-refractivity contribution in [2.45, 2.75) is 26.3 Å². The van der Waals surface area contributed by atoms with Gasteiger partial charge < -0.3 is 15.4 Å². The number of nitrogens with one attached hydrogen (secondary N) is 2. The minimum atomic E-state index is -0.463. The van der Waals surface area contributed by atoms with Gasteiger partial charge in [-0.25, -0.2) is 4.39 Å². The summed E-state index contributed by atoms with van der Waals surface area (Å²) in [4.78, 5) is 23.2. The van der Waals surface area contributed by atoms with Crippen molar-refractivity contribution in [3.8, 4) is 5.75 Å². The molecule has 2 aromatic carbocycles. The van der Waals surface area contributed by atoms with Gasteiger partial charge in [0.1, 0.15) is 0 Å². The van der Waals surface area contributed by atoms with E-state index in [4.69, 9.17) is 4.74 Å². The molecular formula is C19H21FN2O3. The zero-order valence-electron chi connectivity index (χ0n) is 14.4. The molecule has 2 aromatic rings. The summed E-state index contributed by atoms with van der Waals surface area (Å²) in [7, 11) is 1.40. The van der Waals surface area contributed by atoms with Crippen LogP contribution in [0.25, 0.3) is 0 Å². The largest absolute Gasteiger partial charge is 0.494 e. The van der Waals surface area contributed by atoms with Crippen LogP contribution in [0.15, 0.2) is 42.5 Å². The fourth-order valence-corrected chi connectivity index (χ4v) is 2.42. The van der Waals surface area contributed by atoms with E-state index >= 15 is 0 Å². The van der Waals surface area contributed by atoms with Gasteiger partial charge in [-0.3, -0.25) is 9.59 Å². The number of anilines is 1. The number of carbonyl (C=O) groups is 2. The van der Waals surface area contributed by atoms with E-state index in [1.807, 2.05) is 0 Å². The molecule has 0 heterocycles. The molecular weight excluding hydrogens is 323 g/mol. The second kappa shape index (κ2) is 8.28. The van der Waals surface area contributed by atoms with Crippen LogP contribution in [0.5, 0.6) is 5.75 Å². The lowest BCUT2D eigenvalue weighted by molar-refractivity contribution is -0.121. The molecule has 0 aliphatic carbocycles. The van der Waals surface area contributed by atoms with Crippen LogP contribution in [0, 0.1) is 5.82 Å². The van der Waals surface area contributed by atoms with Gasteiger partial charge in [0.25, 0.3) is 0 Å². The first kappa shape index (κ1) is 18.4. The molecule has 0 aliphatic rings. The molecule has 1 unspecified atom stereocenters. The molecule has 0 bridgehead atoms. The van der Waals surface area contributed by atoms with Crippen LogP contribution >= 0.6 is 0 Å². The molecule has 5 nitrogen and oxygen atoms in total. The molecule has 0 fully saturated rings. The number of amides is 2. The van der Waals surface area contributed by atoms with Crippen LogP contribution in [0.3, 0.4) is 0 Å². The fourth-order valence-electron chi connectivity index (χ4n) is 2.42. The first-order chi connectivity index (χ1) is 11.9. The number of halogens is 1. The van der Waals surface area contributed by atoms with Gasteiger partial charge in [-0.2, -0.15) is 0 Å². The van der Waals surface area contributed by atoms with Crippen molar-refractivity contribution in [1.29, 1.82) is 0 Å². The minimum Gasteiger partial charge on any atom is -0.494 e. The average Bonchev–Trinajstić information content (AvgIpc) is 2.56. The van der Waals surface area contributed by atoms with Crippen molar-refractivity contribution < 1.29 is 18.7 Å². The number of carbonyl (C=O) groups excluding carboxylic acids is 2. The van der Waals surface area contributed by atoms with Crippen molar-refractivity contribution in [3.05, 3.63) is 59.4 Å². The maximum Gasteiger partial charge on any atom is 0.224 e. The molecule has 2 amide bonds. The van der Waals surface area contributed by atoms with Gasteiger partial charge in [-0.05, 0) is 42.3 Å². The summed E-state index contributed by atoms with van der Waals surface area (Å²) in [6.07, 6.45) is 0.198. The number of hydrogen-bond acceptors (Lipinski definition) is 3. The third-order valence-corrected chi connectivity index (χ3v) is 3.69. The predicted octanol–water partition coefficient (Wildman–Crippen LogP) is 3.21. The van der Waals surface area contributed by atoms with E-state index in [-0.39, 0.29) is 30.0 Å². The predicted molar refractivity (Wildman–Crippen MR) is 94.0 cm³/mol. The van der Waals surface area contributed by atoms with E-state index in [0.717, 1.165) is 5.56 Å². The Morgan fingerprint density at radius 3 is 2.40 bits per heavy atom. The molecule has 1 atom stereocenters. The Kier molecular flexibility index (Phi) is 6.11. The van der Waals surface area contributed by atoms with E-state index in [2.05, 4.69) is 10.6 Å². The van der Waals surface area contributed by atoms with Crippen LogP contribution in [0.4, 0.5) is 10.1 Å². The average molecular weight is 344 g/mol. The Morgan fingerprint density at radius 1 is 1.16 bits per heavy atom. The topological polar surface area (TPSA) is 67.4 Å². The molecule has 0 saturated carbocycles. The minimum absolute atomic E-state index is 0.147. The molecule has 0 aromatic heterocycles. The monoisotopic (exact) mass is 344 g/mol. The Morgan fingerprint density at radius 2 is 1.84 bits per heavy atom. The number of hydrogen-bond donors (Lipinski definition) is 2. The lowest BCUT2D eigenvalue weighted by atomic mass is 10.1. The smallest absolute Gasteiger partial charge is 0.224 e. The number of ether oxygens (including phenoxy) is 1. The standard InChI is InChI=1S/C19H21FN2O3/c1-12(15-6-9-18(25-3)17(20)11-15)21-19(24)10-14-4-7-16(8-5-14)22-13(2)23/h4-9,11-12H,10H2,1-3H3,(H,21,24)(H,22,23). The van der Waals surface area contributed by atoms with E-state index < -0.39 is 5.82 Å². The van der Waals surface area contributed by atoms with Crippen molar-refractivity contribution in [3.63, 3.8) is 0 Å². The van der Waals surface area contributed by atoms with Gasteiger partial charge in [-0.15, -0.1) is 0 Å². The molecule has 0 saturated heterocycles. The summed E-state index contributed by atoms with van der Waals surface area (Å²) in [6, 6.07) is 11.3. The lowest BCUT2D eigenvalue weighted by Crippen LogP contribution is -2.28. The summed E-state index contributed by atoms with van der Waals surface area (Å²) < 4.78 is 18.6. The Bertz CT molecular complexity index is 760. The molecule has 6 heteroatoms. The molecule has 25 heavy (non-hydrogen) atoms. The summed E-state index contributed by atoms with van der Waals surface area (Å²) in [5.74, 6) is -0.613. The summed E-state index contributed by atoms with van der Waals surface area (Å²) in [5, 5.41) is 5.51. The highest BCUT2D eigenvalue weighted by Crippen LogP contribution is 2.21. The highest BCUT2D eigenvalue weighted by Gasteiger charge is 2.13. The van der Waals surface area contributed by atoms with Gasteiger partial charge >= 0.3 is 0 Å². The zero-order chi connectivity index (χ0) is 18.4. The first-order valence-corrected chi connectivity index (χ1v) is 7.88. The van der Waals surface area contributed by atoms with E-state index in [1.54, 1.807) is 37.3 Å². The van der Waals surface area contributed by atoms with Gasteiger partial charge in [0.05, 0.1) is 19.6 Å². The highest BCUT2D eigenvalue weighted by molar-refractivity contribution is 5.88. The van der Waals surface area contributed by atoms with Crippen LogP contribution in [0.1, 0.15) is 31.0 Å². The lowest BCUT2D eigenvalue weighted by Gasteiger charge is -2.15. The maximum atomic E-state index is 13.8. The molecule has 0 radical (unpaired) electrons.